The van der Waals surface area contributed by atoms with Crippen LogP contribution in [0.15, 0.2) is 30.3 Å². The second-order valence-corrected chi connectivity index (χ2v) is 4.27. The van der Waals surface area contributed by atoms with Gasteiger partial charge in [0.05, 0.1) is 0 Å². The summed E-state index contributed by atoms with van der Waals surface area (Å²) in [7, 11) is 0. The number of ether oxygens (including phenoxy) is 1. The molecule has 0 saturated carbocycles. The highest BCUT2D eigenvalue weighted by molar-refractivity contribution is 5.67. The molecule has 1 saturated heterocycles. The molecule has 0 spiro atoms. The Morgan fingerprint density at radius 1 is 1.53 bits per heavy atom. The number of amides is 1. The Labute approximate surface area is 99.9 Å². The lowest BCUT2D eigenvalue weighted by Crippen LogP contribution is -3.22. The van der Waals surface area contributed by atoms with E-state index in [1.807, 2.05) is 37.3 Å². The molecule has 1 aliphatic rings. The minimum atomic E-state index is -0.460. The predicted molar refractivity (Wildman–Crippen MR) is 62.2 cm³/mol. The van der Waals surface area contributed by atoms with Crippen LogP contribution in [0.3, 0.4) is 0 Å². The van der Waals surface area contributed by atoms with Crippen molar-refractivity contribution in [2.24, 2.45) is 0 Å². The standard InChI is InChI=1S/C12H16N2O3/c1-9-11(7-14(9)16)13-12(15)17-8-10-5-3-2-4-6-10/h2-6,9,11,14H,7-8H2,1H3,(H,13,15). The summed E-state index contributed by atoms with van der Waals surface area (Å²) in [5, 5.41) is 13.9. The highest BCUT2D eigenvalue weighted by atomic mass is 16.5. The molecular formula is C12H16N2O3. The first kappa shape index (κ1) is 11.9. The van der Waals surface area contributed by atoms with E-state index in [9.17, 15) is 10.0 Å². The van der Waals surface area contributed by atoms with E-state index in [4.69, 9.17) is 4.74 Å². The average molecular weight is 236 g/mol. The van der Waals surface area contributed by atoms with Gasteiger partial charge in [-0.2, -0.15) is 0 Å². The van der Waals surface area contributed by atoms with Crippen molar-refractivity contribution in [1.29, 1.82) is 0 Å². The van der Waals surface area contributed by atoms with Gasteiger partial charge >= 0.3 is 6.09 Å². The number of alkyl carbamates (subject to hydrolysis) is 1. The summed E-state index contributed by atoms with van der Waals surface area (Å²) in [6, 6.07) is 9.33. The van der Waals surface area contributed by atoms with E-state index in [2.05, 4.69) is 5.32 Å². The molecular weight excluding hydrogens is 220 g/mol. The van der Waals surface area contributed by atoms with Crippen LogP contribution in [0.25, 0.3) is 0 Å². The van der Waals surface area contributed by atoms with Crippen molar-refractivity contribution in [2.75, 3.05) is 6.54 Å². The SMILES string of the molecule is CC1C(NC(=O)OCc2ccccc2)C[NH+]1[O-]. The number of hydrogen-bond acceptors (Lipinski definition) is 3. The number of nitrogens with one attached hydrogen (secondary N) is 2. The van der Waals surface area contributed by atoms with Gasteiger partial charge in [-0.1, -0.05) is 30.3 Å². The first-order chi connectivity index (χ1) is 8.16. The van der Waals surface area contributed by atoms with Crippen LogP contribution >= 0.6 is 0 Å². The van der Waals surface area contributed by atoms with Crippen LogP contribution in [0.4, 0.5) is 4.79 Å². The van der Waals surface area contributed by atoms with Gasteiger partial charge in [0.2, 0.25) is 0 Å². The molecule has 17 heavy (non-hydrogen) atoms. The van der Waals surface area contributed by atoms with E-state index < -0.39 is 6.09 Å². The van der Waals surface area contributed by atoms with Gasteiger partial charge in [-0.15, -0.1) is 0 Å². The zero-order valence-electron chi connectivity index (χ0n) is 9.68. The number of carbonyl (C=O) groups is 1. The second-order valence-electron chi connectivity index (χ2n) is 4.27. The predicted octanol–water partition coefficient (Wildman–Crippen LogP) is 0.0662. The van der Waals surface area contributed by atoms with Crippen molar-refractivity contribution in [1.82, 2.24) is 5.32 Å². The molecule has 1 heterocycles. The number of carbonyl (C=O) groups excluding carboxylic acids is 1. The third-order valence-electron chi connectivity index (χ3n) is 3.05. The van der Waals surface area contributed by atoms with Gasteiger partial charge in [0.25, 0.3) is 0 Å². The number of hydroxylamine groups is 2. The summed E-state index contributed by atoms with van der Waals surface area (Å²) in [6.07, 6.45) is -0.460. The Balaban J connectivity index is 1.72. The van der Waals surface area contributed by atoms with Crippen molar-refractivity contribution in [3.63, 3.8) is 0 Å². The molecule has 1 aromatic carbocycles. The topological polar surface area (TPSA) is 65.8 Å². The molecule has 1 aliphatic heterocycles. The monoisotopic (exact) mass is 236 g/mol. The summed E-state index contributed by atoms with van der Waals surface area (Å²) < 4.78 is 5.06. The molecule has 5 heteroatoms. The second kappa shape index (κ2) is 5.16. The maximum absolute atomic E-state index is 11.4. The van der Waals surface area contributed by atoms with Gasteiger partial charge in [0.15, 0.2) is 0 Å². The lowest BCUT2D eigenvalue weighted by atomic mass is 10.0. The van der Waals surface area contributed by atoms with Crippen molar-refractivity contribution >= 4 is 6.09 Å². The molecule has 0 bridgehead atoms. The molecule has 2 N–H and O–H groups in total. The summed E-state index contributed by atoms with van der Waals surface area (Å²) in [4.78, 5) is 11.4. The highest BCUT2D eigenvalue weighted by Crippen LogP contribution is 2.02. The van der Waals surface area contributed by atoms with Gasteiger partial charge in [0.1, 0.15) is 25.2 Å². The van der Waals surface area contributed by atoms with Crippen LogP contribution in [0.5, 0.6) is 0 Å². The molecule has 92 valence electrons. The van der Waals surface area contributed by atoms with E-state index in [1.165, 1.54) is 0 Å². The largest absolute Gasteiger partial charge is 0.634 e. The third kappa shape index (κ3) is 2.95. The first-order valence-corrected chi connectivity index (χ1v) is 5.67. The van der Waals surface area contributed by atoms with Gasteiger partial charge in [-0.25, -0.2) is 4.79 Å². The van der Waals surface area contributed by atoms with Gasteiger partial charge in [0, 0.05) is 0 Å². The Morgan fingerprint density at radius 2 is 2.24 bits per heavy atom. The van der Waals surface area contributed by atoms with Gasteiger partial charge in [-0.05, 0) is 12.5 Å². The normalized spacial score (nSPS) is 27.1. The maximum Gasteiger partial charge on any atom is 0.408 e. The molecule has 5 nitrogen and oxygen atoms in total. The number of benzene rings is 1. The van der Waals surface area contributed by atoms with Crippen molar-refractivity contribution < 1.29 is 14.6 Å². The minimum absolute atomic E-state index is 0.0641. The Morgan fingerprint density at radius 3 is 2.82 bits per heavy atom. The number of hydrogen-bond donors (Lipinski definition) is 2. The van der Waals surface area contributed by atoms with E-state index in [0.717, 1.165) is 5.56 Å². The van der Waals surface area contributed by atoms with Gasteiger partial charge < -0.3 is 20.3 Å². The summed E-state index contributed by atoms with van der Waals surface area (Å²) in [6.45, 7) is 2.48. The van der Waals surface area contributed by atoms with Gasteiger partial charge in [-0.3, -0.25) is 0 Å². The molecule has 1 fully saturated rings. The maximum atomic E-state index is 11.4. The van der Waals surface area contributed by atoms with Crippen molar-refractivity contribution in [3.05, 3.63) is 41.1 Å². The van der Waals surface area contributed by atoms with Crippen LogP contribution in [-0.2, 0) is 11.3 Å². The fourth-order valence-electron chi connectivity index (χ4n) is 1.74. The molecule has 3 atom stereocenters. The smallest absolute Gasteiger partial charge is 0.408 e. The van der Waals surface area contributed by atoms with Crippen LogP contribution in [-0.4, -0.2) is 24.7 Å². The lowest BCUT2D eigenvalue weighted by molar-refractivity contribution is -0.921. The fraction of sp³-hybridized carbons (Fsp3) is 0.417. The number of rotatable bonds is 3. The molecule has 0 aliphatic carbocycles. The van der Waals surface area contributed by atoms with Crippen molar-refractivity contribution in [3.8, 4) is 0 Å². The Hall–Kier alpha value is -1.59. The van der Waals surface area contributed by atoms with Crippen LogP contribution in [0.2, 0.25) is 0 Å². The Kier molecular flexibility index (Phi) is 3.61. The molecule has 1 aromatic rings. The van der Waals surface area contributed by atoms with Crippen LogP contribution < -0.4 is 10.4 Å². The van der Waals surface area contributed by atoms with Crippen LogP contribution in [0, 0.1) is 5.21 Å². The first-order valence-electron chi connectivity index (χ1n) is 5.67. The Bertz CT molecular complexity index is 383. The number of quaternary nitrogens is 1. The molecule has 0 aromatic heterocycles. The van der Waals surface area contributed by atoms with E-state index in [0.29, 0.717) is 6.54 Å². The zero-order valence-corrected chi connectivity index (χ0v) is 9.68. The molecule has 3 unspecified atom stereocenters. The summed E-state index contributed by atoms with van der Waals surface area (Å²) in [5.41, 5.74) is 0.945. The van der Waals surface area contributed by atoms with E-state index in [1.54, 1.807) is 0 Å². The third-order valence-corrected chi connectivity index (χ3v) is 3.05. The quantitative estimate of drug-likeness (QED) is 0.730. The lowest BCUT2D eigenvalue weighted by Gasteiger charge is -2.44. The van der Waals surface area contributed by atoms with Crippen LogP contribution in [0.1, 0.15) is 12.5 Å². The molecule has 0 radical (unpaired) electrons. The summed E-state index contributed by atoms with van der Waals surface area (Å²) >= 11 is 0. The zero-order chi connectivity index (χ0) is 12.3. The molecule has 2 rings (SSSR count). The van der Waals surface area contributed by atoms with E-state index >= 15 is 0 Å². The highest BCUT2D eigenvalue weighted by Gasteiger charge is 2.36. The average Bonchev–Trinajstić information content (AvgIpc) is 2.37. The molecule has 1 amide bonds. The summed E-state index contributed by atoms with van der Waals surface area (Å²) in [5.74, 6) is 0. The minimum Gasteiger partial charge on any atom is -0.634 e. The van der Waals surface area contributed by atoms with E-state index in [-0.39, 0.29) is 23.8 Å². The van der Waals surface area contributed by atoms with Crippen molar-refractivity contribution in [2.45, 2.75) is 25.6 Å². The fourth-order valence-corrected chi connectivity index (χ4v) is 1.74.